The van der Waals surface area contributed by atoms with Crippen LogP contribution in [0.4, 0.5) is 11.8 Å². The maximum atomic E-state index is 7.22. The van der Waals surface area contributed by atoms with Crippen molar-refractivity contribution in [2.45, 2.75) is 32.7 Å². The Morgan fingerprint density at radius 1 is 1.71 bits per heavy atom. The monoisotopic (exact) mass is 233 g/mol. The second-order valence-electron chi connectivity index (χ2n) is 3.99. The van der Waals surface area contributed by atoms with Crippen molar-refractivity contribution in [3.63, 3.8) is 0 Å². The topological polar surface area (TPSA) is 87.7 Å². The van der Waals surface area contributed by atoms with E-state index in [-0.39, 0.29) is 5.95 Å². The second-order valence-corrected chi connectivity index (χ2v) is 3.99. The number of hydrogen-bond acceptors (Lipinski definition) is 5. The van der Waals surface area contributed by atoms with Gasteiger partial charge in [0, 0.05) is 24.0 Å². The largest absolute Gasteiger partial charge is 0.368 e. The van der Waals surface area contributed by atoms with Crippen molar-refractivity contribution >= 4 is 23.6 Å². The maximum absolute atomic E-state index is 7.22. The zero-order valence-corrected chi connectivity index (χ0v) is 10.3. The molecule has 0 bridgehead atoms. The lowest BCUT2D eigenvalue weighted by Gasteiger charge is -2.16. The van der Waals surface area contributed by atoms with Crippen molar-refractivity contribution in [1.29, 1.82) is 5.41 Å². The predicted molar refractivity (Wildman–Crippen MR) is 72.3 cm³/mol. The number of nitrogens with one attached hydrogen (secondary N) is 2. The Bertz CT molecular complexity index is 413. The first kappa shape index (κ1) is 13.2. The van der Waals surface area contributed by atoms with Crippen LogP contribution in [0.3, 0.4) is 0 Å². The second kappa shape index (κ2) is 5.98. The first-order chi connectivity index (χ1) is 8.08. The van der Waals surface area contributed by atoms with Gasteiger partial charge in [-0.1, -0.05) is 19.9 Å². The lowest BCUT2D eigenvalue weighted by Crippen LogP contribution is -2.17. The standard InChI is InChI=1S/C12H19N5/c1-4-5-9(3)16-11-10(8(2)6-13)7-15-12(14)17-11/h6-7,9,13H,2,4-5H2,1,3H3,(H3,14,15,16,17)/t9-/m0/s1. The molecule has 4 N–H and O–H groups in total. The van der Waals surface area contributed by atoms with Crippen LogP contribution in [0.2, 0.25) is 0 Å². The molecule has 0 fully saturated rings. The Labute approximate surface area is 102 Å². The van der Waals surface area contributed by atoms with Gasteiger partial charge in [0.25, 0.3) is 0 Å². The van der Waals surface area contributed by atoms with Crippen LogP contribution >= 0.6 is 0 Å². The van der Waals surface area contributed by atoms with E-state index in [1.807, 2.05) is 0 Å². The fraction of sp³-hybridized carbons (Fsp3) is 0.417. The molecule has 1 aromatic heterocycles. The Morgan fingerprint density at radius 2 is 2.41 bits per heavy atom. The molecule has 0 aromatic carbocycles. The summed E-state index contributed by atoms with van der Waals surface area (Å²) in [6, 6.07) is 0.298. The summed E-state index contributed by atoms with van der Waals surface area (Å²) in [5, 5.41) is 10.5. The van der Waals surface area contributed by atoms with Crippen LogP contribution < -0.4 is 11.1 Å². The Morgan fingerprint density at radius 3 is 3.00 bits per heavy atom. The van der Waals surface area contributed by atoms with Gasteiger partial charge in [-0.25, -0.2) is 4.98 Å². The van der Waals surface area contributed by atoms with Gasteiger partial charge in [0.15, 0.2) is 0 Å². The normalized spacial score (nSPS) is 11.9. The zero-order chi connectivity index (χ0) is 12.8. The maximum Gasteiger partial charge on any atom is 0.221 e. The van der Waals surface area contributed by atoms with Crippen LogP contribution in [0.25, 0.3) is 5.57 Å². The summed E-state index contributed by atoms with van der Waals surface area (Å²) in [5.41, 5.74) is 6.86. The predicted octanol–water partition coefficient (Wildman–Crippen LogP) is 2.32. The third-order valence-electron chi connectivity index (χ3n) is 2.43. The molecule has 1 heterocycles. The van der Waals surface area contributed by atoms with Crippen molar-refractivity contribution in [2.75, 3.05) is 11.1 Å². The first-order valence-corrected chi connectivity index (χ1v) is 5.67. The van der Waals surface area contributed by atoms with Crippen LogP contribution in [-0.2, 0) is 0 Å². The van der Waals surface area contributed by atoms with Crippen LogP contribution in [0.1, 0.15) is 32.3 Å². The summed E-state index contributed by atoms with van der Waals surface area (Å²) < 4.78 is 0. The van der Waals surface area contributed by atoms with Gasteiger partial charge in [-0.3, -0.25) is 0 Å². The molecule has 0 aliphatic rings. The van der Waals surface area contributed by atoms with E-state index in [9.17, 15) is 0 Å². The third kappa shape index (κ3) is 3.55. The molecule has 92 valence electrons. The summed E-state index contributed by atoms with van der Waals surface area (Å²) in [6.45, 7) is 7.99. The van der Waals surface area contributed by atoms with E-state index in [1.54, 1.807) is 6.20 Å². The number of rotatable bonds is 6. The molecule has 17 heavy (non-hydrogen) atoms. The minimum atomic E-state index is 0.220. The number of nitrogens with zero attached hydrogens (tertiary/aromatic N) is 2. The number of nitrogen functional groups attached to an aromatic ring is 1. The molecule has 0 amide bonds. The fourth-order valence-electron chi connectivity index (χ4n) is 1.56. The van der Waals surface area contributed by atoms with Crippen molar-refractivity contribution in [2.24, 2.45) is 0 Å². The van der Waals surface area contributed by atoms with Gasteiger partial charge in [-0.2, -0.15) is 4.98 Å². The van der Waals surface area contributed by atoms with E-state index in [4.69, 9.17) is 11.1 Å². The fourth-order valence-corrected chi connectivity index (χ4v) is 1.56. The summed E-state index contributed by atoms with van der Waals surface area (Å²) in [5.74, 6) is 0.865. The van der Waals surface area contributed by atoms with E-state index in [2.05, 4.69) is 35.7 Å². The molecule has 0 unspecified atom stereocenters. The van der Waals surface area contributed by atoms with E-state index in [1.165, 1.54) is 6.21 Å². The quantitative estimate of drug-likeness (QED) is 0.658. The lowest BCUT2D eigenvalue weighted by atomic mass is 10.1. The smallest absolute Gasteiger partial charge is 0.221 e. The molecule has 5 nitrogen and oxygen atoms in total. The van der Waals surface area contributed by atoms with Gasteiger partial charge in [0.2, 0.25) is 5.95 Å². The van der Waals surface area contributed by atoms with Gasteiger partial charge in [0.1, 0.15) is 5.82 Å². The molecule has 1 atom stereocenters. The molecule has 5 heteroatoms. The molecule has 1 aromatic rings. The number of aromatic nitrogens is 2. The third-order valence-corrected chi connectivity index (χ3v) is 2.43. The average molecular weight is 233 g/mol. The highest BCUT2D eigenvalue weighted by Gasteiger charge is 2.10. The Hall–Kier alpha value is -1.91. The van der Waals surface area contributed by atoms with E-state index in [0.717, 1.165) is 18.4 Å². The molecule has 1 rings (SSSR count). The SMILES string of the molecule is C=C(C=N)c1cnc(N)nc1N[C@@H](C)CCC. The molecule has 0 aliphatic carbocycles. The summed E-state index contributed by atoms with van der Waals surface area (Å²) in [4.78, 5) is 8.08. The zero-order valence-electron chi connectivity index (χ0n) is 10.3. The number of anilines is 2. The summed E-state index contributed by atoms with van der Waals surface area (Å²) >= 11 is 0. The summed E-state index contributed by atoms with van der Waals surface area (Å²) in [6.07, 6.45) is 4.91. The minimum absolute atomic E-state index is 0.220. The van der Waals surface area contributed by atoms with Crippen molar-refractivity contribution in [3.05, 3.63) is 18.3 Å². The molecular formula is C12H19N5. The molecule has 0 aliphatic heterocycles. The molecule has 0 radical (unpaired) electrons. The van der Waals surface area contributed by atoms with Crippen molar-refractivity contribution in [1.82, 2.24) is 9.97 Å². The highest BCUT2D eigenvalue weighted by Crippen LogP contribution is 2.20. The minimum Gasteiger partial charge on any atom is -0.368 e. The number of hydrogen-bond donors (Lipinski definition) is 3. The van der Waals surface area contributed by atoms with Gasteiger partial charge in [-0.15, -0.1) is 0 Å². The van der Waals surface area contributed by atoms with E-state index in [0.29, 0.717) is 17.4 Å². The number of nitrogens with two attached hydrogens (primary N) is 1. The molecule has 0 saturated heterocycles. The first-order valence-electron chi connectivity index (χ1n) is 5.67. The van der Waals surface area contributed by atoms with Crippen LogP contribution in [0.15, 0.2) is 12.8 Å². The molecule has 0 saturated carbocycles. The van der Waals surface area contributed by atoms with Crippen LogP contribution in [0.5, 0.6) is 0 Å². The molecular weight excluding hydrogens is 214 g/mol. The van der Waals surface area contributed by atoms with Crippen molar-refractivity contribution in [3.8, 4) is 0 Å². The average Bonchev–Trinajstić information content (AvgIpc) is 2.28. The van der Waals surface area contributed by atoms with Gasteiger partial charge in [0.05, 0.1) is 0 Å². The van der Waals surface area contributed by atoms with E-state index < -0.39 is 0 Å². The Balaban J connectivity index is 2.98. The van der Waals surface area contributed by atoms with E-state index >= 15 is 0 Å². The molecule has 0 spiro atoms. The summed E-state index contributed by atoms with van der Waals surface area (Å²) in [7, 11) is 0. The number of allylic oxidation sites excluding steroid dienone is 1. The highest BCUT2D eigenvalue weighted by molar-refractivity contribution is 6.09. The van der Waals surface area contributed by atoms with Gasteiger partial charge in [-0.05, 0) is 18.9 Å². The van der Waals surface area contributed by atoms with Gasteiger partial charge < -0.3 is 16.5 Å². The van der Waals surface area contributed by atoms with Gasteiger partial charge >= 0.3 is 0 Å². The highest BCUT2D eigenvalue weighted by atomic mass is 15.1. The lowest BCUT2D eigenvalue weighted by molar-refractivity contribution is 0.687. The van der Waals surface area contributed by atoms with Crippen molar-refractivity contribution < 1.29 is 0 Å². The van der Waals surface area contributed by atoms with Crippen LogP contribution in [-0.4, -0.2) is 22.2 Å². The van der Waals surface area contributed by atoms with Crippen LogP contribution in [0, 0.1) is 5.41 Å². The Kier molecular flexibility index (Phi) is 4.63.